The topological polar surface area (TPSA) is 109 Å². The summed E-state index contributed by atoms with van der Waals surface area (Å²) in [5, 5.41) is 9.59. The SMILES string of the molecule is O=C(N/N=C\c1ccccc1OCc1ccccc1)C(=O)Nc1ccccc1C(=O)Nc1ccc(Cl)cc1. The second-order valence-corrected chi connectivity index (χ2v) is 8.41. The minimum atomic E-state index is -1.00. The number of carbonyl (C=O) groups excluding carboxylic acids is 3. The number of hydrazone groups is 1. The predicted molar refractivity (Wildman–Crippen MR) is 147 cm³/mol. The molecule has 0 aliphatic carbocycles. The van der Waals surface area contributed by atoms with Gasteiger partial charge in [0.15, 0.2) is 0 Å². The molecule has 4 rings (SSSR count). The molecule has 0 radical (unpaired) electrons. The smallest absolute Gasteiger partial charge is 0.329 e. The van der Waals surface area contributed by atoms with Gasteiger partial charge in [0.05, 0.1) is 17.5 Å². The Bertz CT molecular complexity index is 1460. The molecule has 0 spiro atoms. The van der Waals surface area contributed by atoms with Crippen molar-refractivity contribution < 1.29 is 19.1 Å². The average molecular weight is 527 g/mol. The highest BCUT2D eigenvalue weighted by Gasteiger charge is 2.18. The number of halogens is 1. The third-order valence-electron chi connectivity index (χ3n) is 5.25. The predicted octanol–water partition coefficient (Wildman–Crippen LogP) is 5.26. The summed E-state index contributed by atoms with van der Waals surface area (Å²) in [4.78, 5) is 37.6. The Balaban J connectivity index is 1.35. The van der Waals surface area contributed by atoms with E-state index in [2.05, 4.69) is 21.2 Å². The minimum Gasteiger partial charge on any atom is -0.488 e. The van der Waals surface area contributed by atoms with E-state index in [-0.39, 0.29) is 11.3 Å². The highest BCUT2D eigenvalue weighted by Crippen LogP contribution is 2.20. The Hall–Kier alpha value is -4.95. The van der Waals surface area contributed by atoms with Crippen LogP contribution in [0.25, 0.3) is 0 Å². The minimum absolute atomic E-state index is 0.169. The van der Waals surface area contributed by atoms with Crippen LogP contribution in [0.1, 0.15) is 21.5 Å². The Morgan fingerprint density at radius 3 is 2.24 bits per heavy atom. The third kappa shape index (κ3) is 7.28. The fourth-order valence-electron chi connectivity index (χ4n) is 3.37. The van der Waals surface area contributed by atoms with E-state index < -0.39 is 17.7 Å². The molecule has 0 saturated carbocycles. The molecule has 3 amide bonds. The summed E-state index contributed by atoms with van der Waals surface area (Å²) in [6, 6.07) is 29.8. The van der Waals surface area contributed by atoms with E-state index in [4.69, 9.17) is 16.3 Å². The first kappa shape index (κ1) is 26.1. The van der Waals surface area contributed by atoms with Crippen molar-refractivity contribution in [3.05, 3.63) is 125 Å². The number of hydrogen-bond donors (Lipinski definition) is 3. The maximum Gasteiger partial charge on any atom is 0.329 e. The number of nitrogens with one attached hydrogen (secondary N) is 3. The number of nitrogens with zero attached hydrogens (tertiary/aromatic N) is 1. The van der Waals surface area contributed by atoms with E-state index in [1.165, 1.54) is 18.3 Å². The number of amides is 3. The van der Waals surface area contributed by atoms with Crippen LogP contribution < -0.4 is 20.8 Å². The van der Waals surface area contributed by atoms with Gasteiger partial charge in [0.1, 0.15) is 12.4 Å². The highest BCUT2D eigenvalue weighted by atomic mass is 35.5. The largest absolute Gasteiger partial charge is 0.488 e. The molecular formula is C29H23ClN4O4. The fraction of sp³-hybridized carbons (Fsp3) is 0.0345. The number of anilines is 2. The van der Waals surface area contributed by atoms with Crippen molar-refractivity contribution in [1.29, 1.82) is 0 Å². The number of ether oxygens (including phenoxy) is 1. The van der Waals surface area contributed by atoms with E-state index in [9.17, 15) is 14.4 Å². The fourth-order valence-corrected chi connectivity index (χ4v) is 3.49. The van der Waals surface area contributed by atoms with E-state index in [1.807, 2.05) is 36.4 Å². The van der Waals surface area contributed by atoms with E-state index in [1.54, 1.807) is 54.6 Å². The first-order valence-corrected chi connectivity index (χ1v) is 11.9. The van der Waals surface area contributed by atoms with E-state index >= 15 is 0 Å². The summed E-state index contributed by atoms with van der Waals surface area (Å²) in [6.45, 7) is 0.367. The van der Waals surface area contributed by atoms with Gasteiger partial charge in [-0.2, -0.15) is 5.10 Å². The molecule has 0 fully saturated rings. The number of carbonyl (C=O) groups is 3. The summed E-state index contributed by atoms with van der Waals surface area (Å²) in [5.74, 6) is -1.88. The lowest BCUT2D eigenvalue weighted by atomic mass is 10.1. The standard InChI is InChI=1S/C29H23ClN4O4/c30-22-14-16-23(17-15-22)32-27(35)24-11-5-6-12-25(24)33-28(36)29(37)34-31-18-21-10-4-7-13-26(21)38-19-20-8-2-1-3-9-20/h1-18H,19H2,(H,32,35)(H,33,36)(H,34,37)/b31-18-. The van der Waals surface area contributed by atoms with Gasteiger partial charge >= 0.3 is 11.8 Å². The summed E-state index contributed by atoms with van der Waals surface area (Å²) in [6.07, 6.45) is 1.39. The van der Waals surface area contributed by atoms with Gasteiger partial charge in [-0.3, -0.25) is 14.4 Å². The molecule has 0 saturated heterocycles. The number of para-hydroxylation sites is 2. The summed E-state index contributed by atoms with van der Waals surface area (Å²) in [7, 11) is 0. The molecule has 4 aromatic carbocycles. The van der Waals surface area contributed by atoms with Crippen molar-refractivity contribution in [2.75, 3.05) is 10.6 Å². The second kappa shape index (κ2) is 12.8. The normalized spacial score (nSPS) is 10.6. The number of benzene rings is 4. The maximum atomic E-state index is 12.7. The quantitative estimate of drug-likeness (QED) is 0.165. The van der Waals surface area contributed by atoms with Crippen LogP contribution in [0, 0.1) is 0 Å². The van der Waals surface area contributed by atoms with E-state index in [0.717, 1.165) is 5.56 Å². The Morgan fingerprint density at radius 1 is 0.763 bits per heavy atom. The van der Waals surface area contributed by atoms with Crippen LogP contribution in [-0.4, -0.2) is 23.9 Å². The van der Waals surface area contributed by atoms with Crippen molar-refractivity contribution >= 4 is 46.9 Å². The Labute approximate surface area is 224 Å². The molecule has 0 unspecified atom stereocenters. The Kier molecular flexibility index (Phi) is 8.83. The van der Waals surface area contributed by atoms with Crippen LogP contribution in [-0.2, 0) is 16.2 Å². The van der Waals surface area contributed by atoms with Gasteiger partial charge in [-0.25, -0.2) is 5.43 Å². The van der Waals surface area contributed by atoms with Crippen molar-refractivity contribution in [2.45, 2.75) is 6.61 Å². The highest BCUT2D eigenvalue weighted by molar-refractivity contribution is 6.40. The number of rotatable bonds is 8. The summed E-state index contributed by atoms with van der Waals surface area (Å²) >= 11 is 5.88. The molecule has 0 bridgehead atoms. The molecule has 9 heteroatoms. The van der Waals surface area contributed by atoms with Crippen LogP contribution in [0.4, 0.5) is 11.4 Å². The zero-order valence-electron chi connectivity index (χ0n) is 20.1. The van der Waals surface area contributed by atoms with Crippen LogP contribution in [0.15, 0.2) is 108 Å². The molecule has 0 aliphatic rings. The zero-order valence-corrected chi connectivity index (χ0v) is 20.8. The second-order valence-electron chi connectivity index (χ2n) is 7.97. The lowest BCUT2D eigenvalue weighted by Gasteiger charge is -2.11. The van der Waals surface area contributed by atoms with Gasteiger partial charge in [0, 0.05) is 16.3 Å². The van der Waals surface area contributed by atoms with E-state index in [0.29, 0.717) is 28.6 Å². The summed E-state index contributed by atoms with van der Waals surface area (Å²) in [5.41, 5.74) is 4.70. The van der Waals surface area contributed by atoms with Gasteiger partial charge in [-0.15, -0.1) is 0 Å². The Morgan fingerprint density at radius 2 is 1.45 bits per heavy atom. The molecule has 0 aliphatic heterocycles. The third-order valence-corrected chi connectivity index (χ3v) is 5.51. The van der Waals surface area contributed by atoms with Gasteiger partial charge in [0.2, 0.25) is 0 Å². The van der Waals surface area contributed by atoms with Crippen LogP contribution in [0.3, 0.4) is 0 Å². The van der Waals surface area contributed by atoms with Gasteiger partial charge < -0.3 is 15.4 Å². The molecule has 0 heterocycles. The van der Waals surface area contributed by atoms with Gasteiger partial charge in [-0.05, 0) is 54.1 Å². The number of hydrogen-bond acceptors (Lipinski definition) is 5. The molecule has 0 aromatic heterocycles. The van der Waals surface area contributed by atoms with Crippen molar-refractivity contribution in [1.82, 2.24) is 5.43 Å². The molecule has 3 N–H and O–H groups in total. The van der Waals surface area contributed by atoms with Gasteiger partial charge in [-0.1, -0.05) is 66.2 Å². The maximum absolute atomic E-state index is 12.7. The average Bonchev–Trinajstić information content (AvgIpc) is 2.94. The lowest BCUT2D eigenvalue weighted by Crippen LogP contribution is -2.33. The van der Waals surface area contributed by atoms with Crippen molar-refractivity contribution in [3.8, 4) is 5.75 Å². The lowest BCUT2D eigenvalue weighted by molar-refractivity contribution is -0.136. The molecular weight excluding hydrogens is 504 g/mol. The van der Waals surface area contributed by atoms with Gasteiger partial charge in [0.25, 0.3) is 5.91 Å². The first-order valence-electron chi connectivity index (χ1n) is 11.6. The van der Waals surface area contributed by atoms with Crippen LogP contribution in [0.5, 0.6) is 5.75 Å². The molecule has 4 aromatic rings. The zero-order chi connectivity index (χ0) is 26.7. The van der Waals surface area contributed by atoms with Crippen LogP contribution in [0.2, 0.25) is 5.02 Å². The van der Waals surface area contributed by atoms with Crippen LogP contribution >= 0.6 is 11.6 Å². The van der Waals surface area contributed by atoms with Crippen molar-refractivity contribution in [2.24, 2.45) is 5.10 Å². The summed E-state index contributed by atoms with van der Waals surface area (Å²) < 4.78 is 5.86. The molecule has 8 nitrogen and oxygen atoms in total. The molecule has 38 heavy (non-hydrogen) atoms. The first-order chi connectivity index (χ1) is 18.5. The monoisotopic (exact) mass is 526 g/mol. The molecule has 0 atom stereocenters. The molecule has 190 valence electrons. The van der Waals surface area contributed by atoms with Crippen molar-refractivity contribution in [3.63, 3.8) is 0 Å².